The summed E-state index contributed by atoms with van der Waals surface area (Å²) in [5, 5.41) is 9.66. The maximum Gasteiger partial charge on any atom is 0.169 e. The van der Waals surface area contributed by atoms with E-state index in [1.807, 2.05) is 13.0 Å². The van der Waals surface area contributed by atoms with Gasteiger partial charge in [0, 0.05) is 5.69 Å². The molecule has 3 N–H and O–H groups in total. The Morgan fingerprint density at radius 2 is 1.75 bits per heavy atom. The molecule has 0 radical (unpaired) electrons. The number of ether oxygens (including phenoxy) is 1. The van der Waals surface area contributed by atoms with Crippen molar-refractivity contribution in [3.05, 3.63) is 48.0 Å². The number of aromatic hydroxyl groups is 1. The van der Waals surface area contributed by atoms with E-state index in [1.165, 1.54) is 0 Å². The van der Waals surface area contributed by atoms with Crippen LogP contribution in [-0.4, -0.2) is 5.11 Å². The lowest BCUT2D eigenvalue weighted by Crippen LogP contribution is -1.87. The van der Waals surface area contributed by atoms with Gasteiger partial charge in [-0.05, 0) is 48.9 Å². The molecule has 0 unspecified atom stereocenters. The van der Waals surface area contributed by atoms with Gasteiger partial charge in [-0.25, -0.2) is 0 Å². The molecule has 0 saturated carbocycles. The van der Waals surface area contributed by atoms with Gasteiger partial charge in [-0.3, -0.25) is 0 Å². The molecule has 2 aromatic rings. The molecule has 0 aliphatic rings. The van der Waals surface area contributed by atoms with Crippen LogP contribution in [0.5, 0.6) is 17.2 Å². The van der Waals surface area contributed by atoms with Crippen LogP contribution in [0.2, 0.25) is 0 Å². The van der Waals surface area contributed by atoms with E-state index in [2.05, 4.69) is 0 Å². The lowest BCUT2D eigenvalue weighted by molar-refractivity contribution is 0.411. The fourth-order valence-corrected chi connectivity index (χ4v) is 1.38. The van der Waals surface area contributed by atoms with E-state index in [-0.39, 0.29) is 5.75 Å². The Kier molecular flexibility index (Phi) is 2.68. The first kappa shape index (κ1) is 10.4. The Morgan fingerprint density at radius 1 is 1.06 bits per heavy atom. The van der Waals surface area contributed by atoms with E-state index in [4.69, 9.17) is 10.5 Å². The summed E-state index contributed by atoms with van der Waals surface area (Å²) < 4.78 is 5.51. The third kappa shape index (κ3) is 2.25. The van der Waals surface area contributed by atoms with Crippen LogP contribution >= 0.6 is 0 Å². The number of benzene rings is 2. The van der Waals surface area contributed by atoms with Gasteiger partial charge in [-0.1, -0.05) is 6.07 Å². The van der Waals surface area contributed by atoms with Crippen LogP contribution in [0.4, 0.5) is 5.69 Å². The first-order chi connectivity index (χ1) is 7.65. The van der Waals surface area contributed by atoms with E-state index >= 15 is 0 Å². The minimum absolute atomic E-state index is 0.136. The van der Waals surface area contributed by atoms with Gasteiger partial charge in [0.15, 0.2) is 11.5 Å². The molecule has 82 valence electrons. The van der Waals surface area contributed by atoms with Crippen molar-refractivity contribution in [2.75, 3.05) is 5.73 Å². The molecule has 0 spiro atoms. The number of rotatable bonds is 2. The molecular weight excluding hydrogens is 202 g/mol. The molecule has 2 rings (SSSR count). The van der Waals surface area contributed by atoms with Gasteiger partial charge in [0.2, 0.25) is 0 Å². The number of phenols is 1. The lowest BCUT2D eigenvalue weighted by atomic mass is 10.2. The van der Waals surface area contributed by atoms with Crippen LogP contribution in [0.15, 0.2) is 42.5 Å². The third-order valence-corrected chi connectivity index (χ3v) is 2.22. The Labute approximate surface area is 94.1 Å². The van der Waals surface area contributed by atoms with E-state index < -0.39 is 0 Å². The monoisotopic (exact) mass is 215 g/mol. The summed E-state index contributed by atoms with van der Waals surface area (Å²) >= 11 is 0. The molecule has 2 aromatic carbocycles. The molecule has 0 fully saturated rings. The Morgan fingerprint density at radius 3 is 2.38 bits per heavy atom. The van der Waals surface area contributed by atoms with Crippen LogP contribution in [-0.2, 0) is 0 Å². The highest BCUT2D eigenvalue weighted by atomic mass is 16.5. The molecule has 0 saturated heterocycles. The van der Waals surface area contributed by atoms with Gasteiger partial charge in [-0.2, -0.15) is 0 Å². The molecule has 0 aliphatic heterocycles. The van der Waals surface area contributed by atoms with Crippen molar-refractivity contribution in [2.45, 2.75) is 6.92 Å². The summed E-state index contributed by atoms with van der Waals surface area (Å²) in [6, 6.07) is 12.3. The Bertz CT molecular complexity index is 492. The molecule has 3 nitrogen and oxygen atoms in total. The van der Waals surface area contributed by atoms with Gasteiger partial charge < -0.3 is 15.6 Å². The number of aryl methyl sites for hydroxylation is 1. The Balaban J connectivity index is 2.23. The maximum atomic E-state index is 9.66. The highest BCUT2D eigenvalue weighted by molar-refractivity contribution is 5.46. The summed E-state index contributed by atoms with van der Waals surface area (Å²) in [6.45, 7) is 1.91. The van der Waals surface area contributed by atoms with Crippen molar-refractivity contribution in [3.63, 3.8) is 0 Å². The molecule has 0 aromatic heterocycles. The minimum Gasteiger partial charge on any atom is -0.504 e. The summed E-state index contributed by atoms with van der Waals surface area (Å²) in [7, 11) is 0. The SMILES string of the molecule is Cc1ccc(Oc2ccc(N)cc2)c(O)c1. The summed E-state index contributed by atoms with van der Waals surface area (Å²) in [4.78, 5) is 0. The highest BCUT2D eigenvalue weighted by Gasteiger charge is 2.03. The molecule has 0 amide bonds. The van der Waals surface area contributed by atoms with Gasteiger partial charge in [-0.15, -0.1) is 0 Å². The normalized spacial score (nSPS) is 10.1. The predicted molar refractivity (Wildman–Crippen MR) is 63.8 cm³/mol. The zero-order valence-electron chi connectivity index (χ0n) is 8.97. The van der Waals surface area contributed by atoms with E-state index in [0.717, 1.165) is 5.56 Å². The molecule has 0 bridgehead atoms. The van der Waals surface area contributed by atoms with Crippen LogP contribution < -0.4 is 10.5 Å². The van der Waals surface area contributed by atoms with Crippen LogP contribution in [0, 0.1) is 6.92 Å². The smallest absolute Gasteiger partial charge is 0.169 e. The summed E-state index contributed by atoms with van der Waals surface area (Å²) in [5.74, 6) is 1.22. The van der Waals surface area contributed by atoms with Gasteiger partial charge >= 0.3 is 0 Å². The molecule has 0 heterocycles. The minimum atomic E-state index is 0.136. The van der Waals surface area contributed by atoms with E-state index in [0.29, 0.717) is 17.2 Å². The van der Waals surface area contributed by atoms with Crippen LogP contribution in [0.3, 0.4) is 0 Å². The lowest BCUT2D eigenvalue weighted by Gasteiger charge is -2.08. The quantitative estimate of drug-likeness (QED) is 0.757. The molecule has 0 atom stereocenters. The average Bonchev–Trinajstić information content (AvgIpc) is 2.25. The van der Waals surface area contributed by atoms with Crippen molar-refractivity contribution in [1.82, 2.24) is 0 Å². The van der Waals surface area contributed by atoms with E-state index in [9.17, 15) is 5.11 Å². The molecule has 16 heavy (non-hydrogen) atoms. The molecule has 0 aliphatic carbocycles. The first-order valence-corrected chi connectivity index (χ1v) is 4.98. The fraction of sp³-hybridized carbons (Fsp3) is 0.0769. The standard InChI is InChI=1S/C13H13NO2/c1-9-2-7-13(12(15)8-9)16-11-5-3-10(14)4-6-11/h2-8,15H,14H2,1H3. The van der Waals surface area contributed by atoms with Crippen LogP contribution in [0.1, 0.15) is 5.56 Å². The number of hydrogen-bond donors (Lipinski definition) is 2. The summed E-state index contributed by atoms with van der Waals surface area (Å²) in [6.07, 6.45) is 0. The largest absolute Gasteiger partial charge is 0.504 e. The van der Waals surface area contributed by atoms with Crippen LogP contribution in [0.25, 0.3) is 0 Å². The van der Waals surface area contributed by atoms with Crippen molar-refractivity contribution < 1.29 is 9.84 Å². The van der Waals surface area contributed by atoms with Crippen molar-refractivity contribution in [3.8, 4) is 17.2 Å². The summed E-state index contributed by atoms with van der Waals surface area (Å²) in [5.41, 5.74) is 7.23. The van der Waals surface area contributed by atoms with Gasteiger partial charge in [0.1, 0.15) is 5.75 Å². The van der Waals surface area contributed by atoms with Crippen molar-refractivity contribution in [2.24, 2.45) is 0 Å². The molecular formula is C13H13NO2. The zero-order valence-corrected chi connectivity index (χ0v) is 8.97. The third-order valence-electron chi connectivity index (χ3n) is 2.22. The number of anilines is 1. The second-order valence-electron chi connectivity index (χ2n) is 3.64. The van der Waals surface area contributed by atoms with Gasteiger partial charge in [0.25, 0.3) is 0 Å². The van der Waals surface area contributed by atoms with Crippen molar-refractivity contribution in [1.29, 1.82) is 0 Å². The van der Waals surface area contributed by atoms with E-state index in [1.54, 1.807) is 36.4 Å². The highest BCUT2D eigenvalue weighted by Crippen LogP contribution is 2.31. The number of nitrogen functional groups attached to an aromatic ring is 1. The second-order valence-corrected chi connectivity index (χ2v) is 3.64. The average molecular weight is 215 g/mol. The van der Waals surface area contributed by atoms with Crippen molar-refractivity contribution >= 4 is 5.69 Å². The Hall–Kier alpha value is -2.16. The fourth-order valence-electron chi connectivity index (χ4n) is 1.38. The topological polar surface area (TPSA) is 55.5 Å². The first-order valence-electron chi connectivity index (χ1n) is 4.98. The predicted octanol–water partition coefficient (Wildman–Crippen LogP) is 3.08. The zero-order chi connectivity index (χ0) is 11.5. The van der Waals surface area contributed by atoms with Gasteiger partial charge in [0.05, 0.1) is 0 Å². The maximum absolute atomic E-state index is 9.66. The second kappa shape index (κ2) is 4.14. The number of hydrogen-bond acceptors (Lipinski definition) is 3. The number of phenolic OH excluding ortho intramolecular Hbond substituents is 1. The molecule has 3 heteroatoms. The number of nitrogens with two attached hydrogens (primary N) is 1.